The highest BCUT2D eigenvalue weighted by atomic mass is 32.2. The molecule has 144 valence electrons. The number of nitrogens with one attached hydrogen (secondary N) is 1. The number of rotatable bonds is 4. The van der Waals surface area contributed by atoms with Gasteiger partial charge < -0.3 is 4.57 Å². The van der Waals surface area contributed by atoms with Crippen molar-refractivity contribution < 1.29 is 26.4 Å². The van der Waals surface area contributed by atoms with Crippen LogP contribution in [0, 0.1) is 0 Å². The van der Waals surface area contributed by atoms with E-state index in [1.165, 1.54) is 29.8 Å². The lowest BCUT2D eigenvalue weighted by Crippen LogP contribution is -2.33. The Kier molecular flexibility index (Phi) is 4.59. The smallest absolute Gasteiger partial charge is 0.302 e. The van der Waals surface area contributed by atoms with Crippen LogP contribution >= 0.6 is 11.3 Å². The number of hydrogen-bond donors (Lipinski definition) is 1. The van der Waals surface area contributed by atoms with E-state index in [0.29, 0.717) is 21.0 Å². The first kappa shape index (κ1) is 19.1. The zero-order valence-corrected chi connectivity index (χ0v) is 15.2. The number of amides is 1. The van der Waals surface area contributed by atoms with Gasteiger partial charge in [0.2, 0.25) is 0 Å². The number of aromatic nitrogens is 3. The summed E-state index contributed by atoms with van der Waals surface area (Å²) in [7, 11) is -2.73. The van der Waals surface area contributed by atoms with E-state index < -0.39 is 34.3 Å². The molecule has 0 fully saturated rings. The van der Waals surface area contributed by atoms with Gasteiger partial charge in [-0.1, -0.05) is 11.3 Å². The highest BCUT2D eigenvalue weighted by Crippen LogP contribution is 2.27. The maximum Gasteiger partial charge on any atom is 0.435 e. The van der Waals surface area contributed by atoms with Gasteiger partial charge in [0.25, 0.3) is 15.9 Å². The second kappa shape index (κ2) is 6.49. The molecule has 1 amide bonds. The highest BCUT2D eigenvalue weighted by molar-refractivity contribution is 7.90. The lowest BCUT2D eigenvalue weighted by molar-refractivity contribution is -0.141. The van der Waals surface area contributed by atoms with Crippen molar-refractivity contribution in [3.05, 3.63) is 45.8 Å². The van der Waals surface area contributed by atoms with Gasteiger partial charge in [0.15, 0.2) is 5.69 Å². The highest BCUT2D eigenvalue weighted by Gasteiger charge is 2.33. The molecule has 1 aromatic carbocycles. The van der Waals surface area contributed by atoms with Gasteiger partial charge >= 0.3 is 11.0 Å². The van der Waals surface area contributed by atoms with Crippen LogP contribution < -0.4 is 9.60 Å². The Balaban J connectivity index is 1.78. The molecule has 27 heavy (non-hydrogen) atoms. The van der Waals surface area contributed by atoms with Crippen molar-refractivity contribution in [3.8, 4) is 0 Å². The summed E-state index contributed by atoms with van der Waals surface area (Å²) in [6, 6.07) is 4.56. The molecule has 0 saturated carbocycles. The topological polar surface area (TPSA) is 103 Å². The Morgan fingerprint density at radius 1 is 1.30 bits per heavy atom. The number of sulfonamides is 1. The summed E-state index contributed by atoms with van der Waals surface area (Å²) in [6.07, 6.45) is -3.75. The van der Waals surface area contributed by atoms with Crippen molar-refractivity contribution in [1.82, 2.24) is 19.1 Å². The van der Waals surface area contributed by atoms with Gasteiger partial charge in [-0.25, -0.2) is 13.1 Å². The quantitative estimate of drug-likeness (QED) is 0.686. The molecule has 3 aromatic rings. The summed E-state index contributed by atoms with van der Waals surface area (Å²) >= 11 is 0.845. The number of alkyl halides is 3. The van der Waals surface area contributed by atoms with Gasteiger partial charge in [-0.15, -0.1) is 0 Å². The number of benzene rings is 1. The lowest BCUT2D eigenvalue weighted by atomic mass is 10.3. The van der Waals surface area contributed by atoms with Gasteiger partial charge in [0.1, 0.15) is 6.54 Å². The molecule has 3 rings (SSSR count). The number of hydrogen-bond acceptors (Lipinski definition) is 6. The molecule has 2 aromatic heterocycles. The van der Waals surface area contributed by atoms with Crippen molar-refractivity contribution in [2.24, 2.45) is 7.05 Å². The molecule has 0 saturated heterocycles. The van der Waals surface area contributed by atoms with Gasteiger partial charge in [0.05, 0.1) is 15.1 Å². The number of carbonyl (C=O) groups excluding carboxylic acids is 1. The molecule has 1 N–H and O–H groups in total. The summed E-state index contributed by atoms with van der Waals surface area (Å²) < 4.78 is 66.3. The van der Waals surface area contributed by atoms with Crippen molar-refractivity contribution in [3.63, 3.8) is 0 Å². The van der Waals surface area contributed by atoms with Crippen LogP contribution in [0.4, 0.5) is 13.2 Å². The molecular formula is C14H11F3N4O4S2. The Hall–Kier alpha value is -2.67. The zero-order valence-electron chi connectivity index (χ0n) is 13.5. The summed E-state index contributed by atoms with van der Waals surface area (Å²) in [5.41, 5.74) is -0.658. The predicted molar refractivity (Wildman–Crippen MR) is 89.6 cm³/mol. The lowest BCUT2D eigenvalue weighted by Gasteiger charge is -2.07. The van der Waals surface area contributed by atoms with Crippen LogP contribution in [0.5, 0.6) is 0 Å². The van der Waals surface area contributed by atoms with Crippen LogP contribution in [0.2, 0.25) is 0 Å². The van der Waals surface area contributed by atoms with E-state index in [0.717, 1.165) is 17.5 Å². The largest absolute Gasteiger partial charge is 0.435 e. The Labute approximate surface area is 153 Å². The molecule has 13 heteroatoms. The van der Waals surface area contributed by atoms with Gasteiger partial charge in [0, 0.05) is 13.2 Å². The summed E-state index contributed by atoms with van der Waals surface area (Å²) in [4.78, 5) is 23.0. The molecule has 2 heterocycles. The van der Waals surface area contributed by atoms with E-state index >= 15 is 0 Å². The van der Waals surface area contributed by atoms with E-state index in [9.17, 15) is 31.2 Å². The van der Waals surface area contributed by atoms with Crippen LogP contribution in [0.1, 0.15) is 5.69 Å². The number of halogens is 3. The summed E-state index contributed by atoms with van der Waals surface area (Å²) in [5, 5.41) is 3.18. The third-order valence-corrected chi connectivity index (χ3v) is 5.93. The minimum atomic E-state index is -4.67. The second-order valence-electron chi connectivity index (χ2n) is 5.48. The number of fused-ring (bicyclic) bond motifs is 1. The number of thiazole rings is 1. The fourth-order valence-electron chi connectivity index (χ4n) is 2.27. The average Bonchev–Trinajstić information content (AvgIpc) is 3.12. The van der Waals surface area contributed by atoms with Gasteiger partial charge in [-0.2, -0.15) is 18.3 Å². The SMILES string of the molecule is Cn1c(=O)sc2cc(S(=O)(=O)NC(=O)Cn3ccc(C(F)(F)F)n3)ccc21. The number of aryl methyl sites for hydroxylation is 1. The first-order valence-corrected chi connectivity index (χ1v) is 9.53. The van der Waals surface area contributed by atoms with E-state index in [2.05, 4.69) is 5.10 Å². The Morgan fingerprint density at radius 3 is 2.63 bits per heavy atom. The van der Waals surface area contributed by atoms with Gasteiger partial charge in [-0.05, 0) is 24.3 Å². The van der Waals surface area contributed by atoms with E-state index in [4.69, 9.17) is 0 Å². The molecule has 0 spiro atoms. The summed E-state index contributed by atoms with van der Waals surface area (Å²) in [6.45, 7) is -0.712. The van der Waals surface area contributed by atoms with E-state index in [1.807, 2.05) is 0 Å². The molecule has 0 aliphatic carbocycles. The van der Waals surface area contributed by atoms with Crippen molar-refractivity contribution in [1.29, 1.82) is 0 Å². The number of nitrogens with zero attached hydrogens (tertiary/aromatic N) is 3. The third kappa shape index (κ3) is 3.88. The molecule has 0 aliphatic heterocycles. The van der Waals surface area contributed by atoms with Gasteiger partial charge in [-0.3, -0.25) is 14.3 Å². The fourth-order valence-corrected chi connectivity index (χ4v) is 4.27. The van der Waals surface area contributed by atoms with Crippen molar-refractivity contribution in [2.75, 3.05) is 0 Å². The molecular weight excluding hydrogens is 409 g/mol. The Morgan fingerprint density at radius 2 is 2.00 bits per heavy atom. The molecule has 0 unspecified atom stereocenters. The van der Waals surface area contributed by atoms with Crippen molar-refractivity contribution >= 4 is 37.5 Å². The first-order valence-electron chi connectivity index (χ1n) is 7.23. The standard InChI is InChI=1S/C14H11F3N4O4S2/c1-20-9-3-2-8(6-10(9)26-13(20)23)27(24,25)19-12(22)7-21-5-4-11(18-21)14(15,16)17/h2-6H,7H2,1H3,(H,19,22). The molecule has 8 nitrogen and oxygen atoms in total. The molecule has 0 atom stereocenters. The van der Waals surface area contributed by atoms with Crippen LogP contribution in [0.3, 0.4) is 0 Å². The Bertz CT molecular complexity index is 1190. The van der Waals surface area contributed by atoms with Crippen LogP contribution in [-0.2, 0) is 34.6 Å². The zero-order chi connectivity index (χ0) is 20.0. The number of carbonyl (C=O) groups is 1. The molecule has 0 radical (unpaired) electrons. The molecule has 0 aliphatic rings. The minimum absolute atomic E-state index is 0.248. The first-order chi connectivity index (χ1) is 12.5. The molecule has 0 bridgehead atoms. The van der Waals surface area contributed by atoms with E-state index in [-0.39, 0.29) is 9.77 Å². The maximum atomic E-state index is 12.5. The predicted octanol–water partition coefficient (Wildman–Crippen LogP) is 1.32. The monoisotopic (exact) mass is 420 g/mol. The summed E-state index contributed by atoms with van der Waals surface area (Å²) in [5.74, 6) is -1.06. The normalized spacial score (nSPS) is 12.4. The maximum absolute atomic E-state index is 12.5. The third-order valence-electron chi connectivity index (χ3n) is 3.56. The average molecular weight is 420 g/mol. The van der Waals surface area contributed by atoms with Crippen LogP contribution in [-0.4, -0.2) is 28.7 Å². The van der Waals surface area contributed by atoms with Crippen LogP contribution in [0.15, 0.2) is 40.2 Å². The minimum Gasteiger partial charge on any atom is -0.302 e. The second-order valence-corrected chi connectivity index (χ2v) is 8.16. The van der Waals surface area contributed by atoms with Crippen molar-refractivity contribution in [2.45, 2.75) is 17.6 Å². The van der Waals surface area contributed by atoms with E-state index in [1.54, 1.807) is 4.72 Å². The fraction of sp³-hybridized carbons (Fsp3) is 0.214. The van der Waals surface area contributed by atoms with Crippen LogP contribution in [0.25, 0.3) is 10.2 Å².